The maximum Gasteiger partial charge on any atom is 0.247 e. The Morgan fingerprint density at radius 1 is 1.22 bits per heavy atom. The van der Waals surface area contributed by atoms with Crippen molar-refractivity contribution in [1.29, 1.82) is 0 Å². The summed E-state index contributed by atoms with van der Waals surface area (Å²) in [6, 6.07) is 13.4. The molecule has 1 amide bonds. The van der Waals surface area contributed by atoms with Crippen molar-refractivity contribution in [3.05, 3.63) is 54.4 Å². The highest BCUT2D eigenvalue weighted by Crippen LogP contribution is 2.31. The van der Waals surface area contributed by atoms with Gasteiger partial charge in [-0.05, 0) is 49.6 Å². The van der Waals surface area contributed by atoms with E-state index in [2.05, 4.69) is 20.2 Å². The molecule has 138 valence electrons. The highest BCUT2D eigenvalue weighted by atomic mass is 16.5. The first kappa shape index (κ1) is 17.3. The summed E-state index contributed by atoms with van der Waals surface area (Å²) in [7, 11) is 1.61. The number of carbonyl (C=O) groups excluding carboxylic acids is 1. The maximum absolute atomic E-state index is 13.1. The smallest absolute Gasteiger partial charge is 0.247 e. The van der Waals surface area contributed by atoms with Gasteiger partial charge in [0.05, 0.1) is 18.3 Å². The van der Waals surface area contributed by atoms with E-state index in [0.29, 0.717) is 11.4 Å². The molecule has 2 heterocycles. The quantitative estimate of drug-likeness (QED) is 0.769. The second-order valence-corrected chi connectivity index (χ2v) is 6.76. The molecule has 1 fully saturated rings. The molecule has 3 aromatic rings. The molecule has 6 nitrogen and oxygen atoms in total. The molecule has 2 aromatic carbocycles. The van der Waals surface area contributed by atoms with Crippen LogP contribution in [0.3, 0.4) is 0 Å². The first-order valence-corrected chi connectivity index (χ1v) is 9.09. The third kappa shape index (κ3) is 3.30. The van der Waals surface area contributed by atoms with Crippen molar-refractivity contribution < 1.29 is 9.53 Å². The van der Waals surface area contributed by atoms with Crippen LogP contribution in [0.5, 0.6) is 5.75 Å². The number of carbonyl (C=O) groups is 1. The van der Waals surface area contributed by atoms with Crippen LogP contribution in [0.15, 0.2) is 48.8 Å². The van der Waals surface area contributed by atoms with Gasteiger partial charge < -0.3 is 15.0 Å². The molecule has 0 radical (unpaired) electrons. The molecule has 1 atom stereocenters. The fourth-order valence-corrected chi connectivity index (χ4v) is 3.65. The summed E-state index contributed by atoms with van der Waals surface area (Å²) in [5.41, 5.74) is 2.65. The van der Waals surface area contributed by atoms with Crippen molar-refractivity contribution in [2.75, 3.05) is 23.9 Å². The Morgan fingerprint density at radius 3 is 2.93 bits per heavy atom. The lowest BCUT2D eigenvalue weighted by Crippen LogP contribution is -2.40. The molecule has 0 unspecified atom stereocenters. The zero-order valence-electron chi connectivity index (χ0n) is 15.5. The number of benzene rings is 2. The number of methoxy groups -OCH3 is 1. The Bertz CT molecular complexity index is 984. The number of hydrogen-bond donors (Lipinski definition) is 1. The minimum absolute atomic E-state index is 0.0425. The van der Waals surface area contributed by atoms with Crippen molar-refractivity contribution in [2.45, 2.75) is 25.8 Å². The number of rotatable bonds is 4. The third-order valence-electron chi connectivity index (χ3n) is 4.96. The summed E-state index contributed by atoms with van der Waals surface area (Å²) < 4.78 is 5.38. The highest BCUT2D eigenvalue weighted by molar-refractivity contribution is 6.00. The number of hydrogen-bond acceptors (Lipinski definition) is 5. The minimum Gasteiger partial charge on any atom is -0.495 e. The lowest BCUT2D eigenvalue weighted by molar-refractivity contribution is -0.117. The van der Waals surface area contributed by atoms with Crippen LogP contribution in [0.4, 0.5) is 11.5 Å². The van der Waals surface area contributed by atoms with Gasteiger partial charge in [0.15, 0.2) is 0 Å². The first-order valence-electron chi connectivity index (χ1n) is 9.09. The Morgan fingerprint density at radius 2 is 2.07 bits per heavy atom. The molecule has 0 spiro atoms. The van der Waals surface area contributed by atoms with Gasteiger partial charge in [0.2, 0.25) is 5.91 Å². The van der Waals surface area contributed by atoms with Crippen molar-refractivity contribution in [1.82, 2.24) is 9.97 Å². The van der Waals surface area contributed by atoms with E-state index in [9.17, 15) is 4.79 Å². The SMILES string of the molecule is COc1ccc(C)cc1NC(=O)[C@H]1CCCN1c1ncnc2ccccc12. The van der Waals surface area contributed by atoms with Crippen LogP contribution in [0, 0.1) is 6.92 Å². The zero-order chi connectivity index (χ0) is 18.8. The van der Waals surface area contributed by atoms with E-state index in [4.69, 9.17) is 4.74 Å². The van der Waals surface area contributed by atoms with Crippen LogP contribution in [-0.2, 0) is 4.79 Å². The molecule has 1 N–H and O–H groups in total. The van der Waals surface area contributed by atoms with Crippen molar-refractivity contribution >= 4 is 28.3 Å². The van der Waals surface area contributed by atoms with E-state index in [-0.39, 0.29) is 11.9 Å². The fourth-order valence-electron chi connectivity index (χ4n) is 3.65. The van der Waals surface area contributed by atoms with Crippen LogP contribution in [0.25, 0.3) is 10.9 Å². The van der Waals surface area contributed by atoms with Crippen LogP contribution in [0.1, 0.15) is 18.4 Å². The zero-order valence-corrected chi connectivity index (χ0v) is 15.5. The Labute approximate surface area is 158 Å². The van der Waals surface area contributed by atoms with Gasteiger partial charge in [0.1, 0.15) is 23.9 Å². The second-order valence-electron chi connectivity index (χ2n) is 6.76. The van der Waals surface area contributed by atoms with Gasteiger partial charge in [0, 0.05) is 11.9 Å². The van der Waals surface area contributed by atoms with E-state index < -0.39 is 0 Å². The fraction of sp³-hybridized carbons (Fsp3) is 0.286. The molecule has 1 aromatic heterocycles. The summed E-state index contributed by atoms with van der Waals surface area (Å²) in [5.74, 6) is 1.43. The predicted octanol–water partition coefficient (Wildman–Crippen LogP) is 3.55. The van der Waals surface area contributed by atoms with Gasteiger partial charge in [-0.3, -0.25) is 4.79 Å². The topological polar surface area (TPSA) is 67.3 Å². The van der Waals surface area contributed by atoms with Crippen LogP contribution >= 0.6 is 0 Å². The number of amides is 1. The number of nitrogens with one attached hydrogen (secondary N) is 1. The third-order valence-corrected chi connectivity index (χ3v) is 4.96. The van der Waals surface area contributed by atoms with Crippen molar-refractivity contribution in [3.8, 4) is 5.75 Å². The number of para-hydroxylation sites is 1. The van der Waals surface area contributed by atoms with Gasteiger partial charge >= 0.3 is 0 Å². The minimum atomic E-state index is -0.270. The first-order chi connectivity index (χ1) is 13.2. The predicted molar refractivity (Wildman–Crippen MR) is 106 cm³/mol. The number of anilines is 2. The molecule has 0 saturated carbocycles. The van der Waals surface area contributed by atoms with Crippen molar-refractivity contribution in [2.24, 2.45) is 0 Å². The van der Waals surface area contributed by atoms with Gasteiger partial charge in [-0.1, -0.05) is 18.2 Å². The largest absolute Gasteiger partial charge is 0.495 e. The van der Waals surface area contributed by atoms with Gasteiger partial charge in [0.25, 0.3) is 0 Å². The van der Waals surface area contributed by atoms with Crippen LogP contribution < -0.4 is 15.0 Å². The summed E-state index contributed by atoms with van der Waals surface area (Å²) in [5, 5.41) is 4.01. The maximum atomic E-state index is 13.1. The molecule has 27 heavy (non-hydrogen) atoms. The molecule has 1 saturated heterocycles. The molecule has 1 aliphatic heterocycles. The van der Waals surface area contributed by atoms with E-state index in [0.717, 1.165) is 41.7 Å². The molecular weight excluding hydrogens is 340 g/mol. The average molecular weight is 362 g/mol. The molecule has 0 aliphatic carbocycles. The lowest BCUT2D eigenvalue weighted by atomic mass is 10.1. The number of fused-ring (bicyclic) bond motifs is 1. The Hall–Kier alpha value is -3.15. The summed E-state index contributed by atoms with van der Waals surface area (Å²) in [4.78, 5) is 24.0. The lowest BCUT2D eigenvalue weighted by Gasteiger charge is -2.26. The molecule has 6 heteroatoms. The monoisotopic (exact) mass is 362 g/mol. The van der Waals surface area contributed by atoms with Gasteiger partial charge in [-0.25, -0.2) is 9.97 Å². The summed E-state index contributed by atoms with van der Waals surface area (Å²) >= 11 is 0. The Kier molecular flexibility index (Phi) is 4.62. The highest BCUT2D eigenvalue weighted by Gasteiger charge is 2.33. The number of nitrogens with zero attached hydrogens (tertiary/aromatic N) is 3. The number of aryl methyl sites for hydroxylation is 1. The Balaban J connectivity index is 1.63. The standard InChI is InChI=1S/C21H22N4O2/c1-14-9-10-19(27-2)17(12-14)24-21(26)18-8-5-11-25(18)20-15-6-3-4-7-16(15)22-13-23-20/h3-4,6-7,9-10,12-13,18H,5,8,11H2,1-2H3,(H,24,26)/t18-/m1/s1. The molecule has 4 rings (SSSR count). The van der Waals surface area contributed by atoms with Gasteiger partial charge in [-0.15, -0.1) is 0 Å². The van der Waals surface area contributed by atoms with Gasteiger partial charge in [-0.2, -0.15) is 0 Å². The normalized spacial score (nSPS) is 16.5. The average Bonchev–Trinajstić information content (AvgIpc) is 3.17. The second kappa shape index (κ2) is 7.23. The van der Waals surface area contributed by atoms with E-state index in [1.807, 2.05) is 49.4 Å². The van der Waals surface area contributed by atoms with E-state index in [1.54, 1.807) is 13.4 Å². The van der Waals surface area contributed by atoms with Crippen molar-refractivity contribution in [3.63, 3.8) is 0 Å². The van der Waals surface area contributed by atoms with E-state index >= 15 is 0 Å². The number of aromatic nitrogens is 2. The van der Waals surface area contributed by atoms with E-state index in [1.165, 1.54) is 0 Å². The molecular formula is C21H22N4O2. The summed E-state index contributed by atoms with van der Waals surface area (Å²) in [6.07, 6.45) is 3.30. The summed E-state index contributed by atoms with van der Waals surface area (Å²) in [6.45, 7) is 2.79. The van der Waals surface area contributed by atoms with Crippen LogP contribution in [-0.4, -0.2) is 35.6 Å². The number of ether oxygens (including phenoxy) is 1. The van der Waals surface area contributed by atoms with Crippen LogP contribution in [0.2, 0.25) is 0 Å². The molecule has 1 aliphatic rings. The molecule has 0 bridgehead atoms.